The molecule has 1 atom stereocenters. The minimum absolute atomic E-state index is 0.188. The van der Waals surface area contributed by atoms with E-state index in [2.05, 4.69) is 14.7 Å². The van der Waals surface area contributed by atoms with Gasteiger partial charge in [0, 0.05) is 7.11 Å². The molecule has 0 bridgehead atoms. The van der Waals surface area contributed by atoms with Gasteiger partial charge >= 0.3 is 0 Å². The second kappa shape index (κ2) is 6.62. The topological polar surface area (TPSA) is 73.1 Å². The predicted octanol–water partition coefficient (Wildman–Crippen LogP) is 2.24. The van der Waals surface area contributed by atoms with Gasteiger partial charge < -0.3 is 9.84 Å². The van der Waals surface area contributed by atoms with Crippen LogP contribution in [0.25, 0.3) is 0 Å². The summed E-state index contributed by atoms with van der Waals surface area (Å²) in [6.45, 7) is 5.04. The van der Waals surface area contributed by atoms with Gasteiger partial charge in [0.25, 0.3) is 0 Å². The SMILES string of the molecule is COCCn1ncc(Cl)c1C(O)c1snnc1C(C)C. The van der Waals surface area contributed by atoms with Crippen LogP contribution in [0.4, 0.5) is 0 Å². The van der Waals surface area contributed by atoms with E-state index in [1.807, 2.05) is 13.8 Å². The van der Waals surface area contributed by atoms with Crippen molar-refractivity contribution in [3.8, 4) is 0 Å². The monoisotopic (exact) mass is 316 g/mol. The van der Waals surface area contributed by atoms with Crippen molar-refractivity contribution in [2.45, 2.75) is 32.4 Å². The molecule has 0 saturated carbocycles. The van der Waals surface area contributed by atoms with E-state index in [4.69, 9.17) is 16.3 Å². The zero-order valence-electron chi connectivity index (χ0n) is 11.6. The number of rotatable bonds is 6. The Morgan fingerprint density at radius 2 is 2.25 bits per heavy atom. The fraction of sp³-hybridized carbons (Fsp3) is 0.583. The van der Waals surface area contributed by atoms with Crippen molar-refractivity contribution in [1.82, 2.24) is 19.4 Å². The molecule has 0 saturated heterocycles. The molecule has 0 spiro atoms. The Morgan fingerprint density at radius 1 is 1.50 bits per heavy atom. The van der Waals surface area contributed by atoms with E-state index in [1.54, 1.807) is 11.8 Å². The zero-order chi connectivity index (χ0) is 14.7. The molecule has 0 aliphatic rings. The first-order chi connectivity index (χ1) is 9.56. The molecule has 2 rings (SSSR count). The number of aliphatic hydroxyl groups excluding tert-OH is 1. The van der Waals surface area contributed by atoms with Gasteiger partial charge in [-0.1, -0.05) is 29.9 Å². The smallest absolute Gasteiger partial charge is 0.135 e. The van der Waals surface area contributed by atoms with E-state index < -0.39 is 6.10 Å². The zero-order valence-corrected chi connectivity index (χ0v) is 13.1. The van der Waals surface area contributed by atoms with Crippen LogP contribution >= 0.6 is 23.1 Å². The number of ether oxygens (including phenoxy) is 1. The summed E-state index contributed by atoms with van der Waals surface area (Å²) >= 11 is 7.33. The van der Waals surface area contributed by atoms with Crippen LogP contribution in [-0.2, 0) is 11.3 Å². The molecule has 2 aromatic heterocycles. The molecular weight excluding hydrogens is 300 g/mol. The van der Waals surface area contributed by atoms with Gasteiger partial charge in [-0.05, 0) is 17.5 Å². The lowest BCUT2D eigenvalue weighted by Crippen LogP contribution is -2.14. The average Bonchev–Trinajstić information content (AvgIpc) is 3.02. The molecule has 6 nitrogen and oxygen atoms in total. The third kappa shape index (κ3) is 3.01. The summed E-state index contributed by atoms with van der Waals surface area (Å²) in [5.41, 5.74) is 1.34. The number of hydrogen-bond donors (Lipinski definition) is 1. The first kappa shape index (κ1) is 15.4. The van der Waals surface area contributed by atoms with Crippen LogP contribution in [0.1, 0.15) is 42.1 Å². The Kier molecular flexibility index (Phi) is 5.09. The van der Waals surface area contributed by atoms with Gasteiger partial charge in [0.1, 0.15) is 6.10 Å². The lowest BCUT2D eigenvalue weighted by atomic mass is 10.1. The minimum atomic E-state index is -0.876. The molecule has 1 N–H and O–H groups in total. The van der Waals surface area contributed by atoms with E-state index in [1.165, 1.54) is 17.7 Å². The highest BCUT2D eigenvalue weighted by molar-refractivity contribution is 7.05. The molecule has 0 aromatic carbocycles. The highest BCUT2D eigenvalue weighted by Crippen LogP contribution is 2.33. The summed E-state index contributed by atoms with van der Waals surface area (Å²) in [6.07, 6.45) is 0.651. The van der Waals surface area contributed by atoms with Gasteiger partial charge in [0.2, 0.25) is 0 Å². The predicted molar refractivity (Wildman–Crippen MR) is 77.2 cm³/mol. The van der Waals surface area contributed by atoms with Gasteiger partial charge in [-0.15, -0.1) is 5.10 Å². The van der Waals surface area contributed by atoms with Crippen molar-refractivity contribution >= 4 is 23.1 Å². The number of hydrogen-bond acceptors (Lipinski definition) is 6. The summed E-state index contributed by atoms with van der Waals surface area (Å²) in [5, 5.41) is 19.3. The van der Waals surface area contributed by atoms with E-state index in [0.717, 1.165) is 5.69 Å². The number of halogens is 1. The fourth-order valence-electron chi connectivity index (χ4n) is 1.92. The van der Waals surface area contributed by atoms with Crippen molar-refractivity contribution in [2.24, 2.45) is 0 Å². The Bertz CT molecular complexity index is 570. The van der Waals surface area contributed by atoms with E-state index in [-0.39, 0.29) is 5.92 Å². The molecule has 0 amide bonds. The first-order valence-corrected chi connectivity index (χ1v) is 7.41. The van der Waals surface area contributed by atoms with Crippen molar-refractivity contribution in [1.29, 1.82) is 0 Å². The Balaban J connectivity index is 2.35. The van der Waals surface area contributed by atoms with Crippen molar-refractivity contribution in [3.63, 3.8) is 0 Å². The van der Waals surface area contributed by atoms with Crippen LogP contribution in [-0.4, -0.2) is 38.2 Å². The second-order valence-corrected chi connectivity index (χ2v) is 5.87. The highest BCUT2D eigenvalue weighted by Gasteiger charge is 2.26. The summed E-state index contributed by atoms with van der Waals surface area (Å²) in [6, 6.07) is 0. The van der Waals surface area contributed by atoms with Crippen LogP contribution in [0.5, 0.6) is 0 Å². The Hall–Kier alpha value is -1.02. The average molecular weight is 317 g/mol. The maximum Gasteiger partial charge on any atom is 0.135 e. The summed E-state index contributed by atoms with van der Waals surface area (Å²) < 4.78 is 10.6. The molecule has 20 heavy (non-hydrogen) atoms. The lowest BCUT2D eigenvalue weighted by molar-refractivity contribution is 0.172. The molecule has 8 heteroatoms. The number of nitrogens with zero attached hydrogens (tertiary/aromatic N) is 4. The van der Waals surface area contributed by atoms with Crippen LogP contribution in [0.15, 0.2) is 6.20 Å². The van der Waals surface area contributed by atoms with Gasteiger partial charge in [-0.2, -0.15) is 5.10 Å². The molecule has 2 aromatic rings. The maximum absolute atomic E-state index is 10.6. The van der Waals surface area contributed by atoms with Crippen LogP contribution in [0, 0.1) is 0 Å². The summed E-state index contributed by atoms with van der Waals surface area (Å²) in [4.78, 5) is 0.709. The molecule has 0 radical (unpaired) electrons. The van der Waals surface area contributed by atoms with E-state index >= 15 is 0 Å². The number of methoxy groups -OCH3 is 1. The maximum atomic E-state index is 10.6. The molecular formula is C12H17ClN4O2S. The number of aliphatic hydroxyl groups is 1. The third-order valence-electron chi connectivity index (χ3n) is 2.93. The van der Waals surface area contributed by atoms with Crippen molar-refractivity contribution in [2.75, 3.05) is 13.7 Å². The molecule has 1 unspecified atom stereocenters. The standard InChI is InChI=1S/C12H17ClN4O2S/c1-7(2)9-12(20-16-15-9)11(18)10-8(13)6-14-17(10)4-5-19-3/h6-7,11,18H,4-5H2,1-3H3. The van der Waals surface area contributed by atoms with Crippen molar-refractivity contribution in [3.05, 3.63) is 27.5 Å². The van der Waals surface area contributed by atoms with Crippen LogP contribution in [0.3, 0.4) is 0 Å². The lowest BCUT2D eigenvalue weighted by Gasteiger charge is -2.14. The third-order valence-corrected chi connectivity index (χ3v) is 4.02. The van der Waals surface area contributed by atoms with Gasteiger partial charge in [-0.25, -0.2) is 0 Å². The Labute approximate surface area is 126 Å². The Morgan fingerprint density at radius 3 is 2.90 bits per heavy atom. The van der Waals surface area contributed by atoms with Crippen molar-refractivity contribution < 1.29 is 9.84 Å². The van der Waals surface area contributed by atoms with Crippen LogP contribution < -0.4 is 0 Å². The van der Waals surface area contributed by atoms with E-state index in [0.29, 0.717) is 28.7 Å². The first-order valence-electron chi connectivity index (χ1n) is 6.26. The summed E-state index contributed by atoms with van der Waals surface area (Å²) in [7, 11) is 1.62. The van der Waals surface area contributed by atoms with Gasteiger partial charge in [0.05, 0.1) is 40.6 Å². The quantitative estimate of drug-likeness (QED) is 0.884. The molecule has 0 aliphatic carbocycles. The minimum Gasteiger partial charge on any atom is -0.383 e. The second-order valence-electron chi connectivity index (χ2n) is 4.67. The molecule has 2 heterocycles. The molecule has 0 aliphatic heterocycles. The largest absolute Gasteiger partial charge is 0.383 e. The molecule has 110 valence electrons. The van der Waals surface area contributed by atoms with Crippen LogP contribution in [0.2, 0.25) is 5.02 Å². The normalized spacial score (nSPS) is 13.1. The van der Waals surface area contributed by atoms with Gasteiger partial charge in [-0.3, -0.25) is 4.68 Å². The van der Waals surface area contributed by atoms with Gasteiger partial charge in [0.15, 0.2) is 0 Å². The summed E-state index contributed by atoms with van der Waals surface area (Å²) in [5.74, 6) is 0.188. The van der Waals surface area contributed by atoms with E-state index in [9.17, 15) is 5.11 Å². The number of aromatic nitrogens is 4. The molecule has 0 fully saturated rings. The fourth-order valence-corrected chi connectivity index (χ4v) is 2.96. The highest BCUT2D eigenvalue weighted by atomic mass is 35.5.